The van der Waals surface area contributed by atoms with Crippen LogP contribution < -0.4 is 14.8 Å². The van der Waals surface area contributed by atoms with Crippen LogP contribution in [0.1, 0.15) is 11.1 Å². The third kappa shape index (κ3) is 5.11. The number of halogens is 1. The summed E-state index contributed by atoms with van der Waals surface area (Å²) >= 11 is 6.08. The molecule has 0 unspecified atom stereocenters. The molecular formula is C19H23ClN2O3. The maximum Gasteiger partial charge on any atom is 0.238 e. The topological polar surface area (TPSA) is 50.8 Å². The fraction of sp³-hybridized carbons (Fsp3) is 0.316. The van der Waals surface area contributed by atoms with E-state index in [-0.39, 0.29) is 12.5 Å². The van der Waals surface area contributed by atoms with Crippen molar-refractivity contribution in [2.75, 3.05) is 33.1 Å². The molecule has 134 valence electrons. The van der Waals surface area contributed by atoms with Gasteiger partial charge in [-0.1, -0.05) is 23.7 Å². The molecule has 0 aliphatic rings. The van der Waals surface area contributed by atoms with Crippen molar-refractivity contribution in [2.24, 2.45) is 0 Å². The highest BCUT2D eigenvalue weighted by Gasteiger charge is 2.12. The van der Waals surface area contributed by atoms with Crippen LogP contribution in [0.3, 0.4) is 0 Å². The molecule has 5 nitrogen and oxygen atoms in total. The summed E-state index contributed by atoms with van der Waals surface area (Å²) in [5.74, 6) is 1.37. The zero-order valence-electron chi connectivity index (χ0n) is 14.9. The average Bonchev–Trinajstić information content (AvgIpc) is 2.59. The molecule has 1 N–H and O–H groups in total. The predicted molar refractivity (Wildman–Crippen MR) is 101 cm³/mol. The number of carbonyl (C=O) groups excluding carboxylic acids is 1. The van der Waals surface area contributed by atoms with Crippen molar-refractivity contribution < 1.29 is 14.3 Å². The summed E-state index contributed by atoms with van der Waals surface area (Å²) in [5.41, 5.74) is 2.57. The zero-order chi connectivity index (χ0) is 18.4. The van der Waals surface area contributed by atoms with Crippen molar-refractivity contribution >= 4 is 23.2 Å². The number of anilines is 1. The summed E-state index contributed by atoms with van der Waals surface area (Å²) < 4.78 is 10.6. The van der Waals surface area contributed by atoms with Crippen molar-refractivity contribution in [2.45, 2.75) is 13.5 Å². The van der Waals surface area contributed by atoms with Crippen LogP contribution in [0.2, 0.25) is 5.02 Å². The number of benzene rings is 2. The van der Waals surface area contributed by atoms with Crippen LogP contribution in [-0.2, 0) is 11.3 Å². The predicted octanol–water partition coefficient (Wildman–Crippen LogP) is 3.74. The molecule has 0 radical (unpaired) electrons. The fourth-order valence-electron chi connectivity index (χ4n) is 2.51. The molecule has 0 fully saturated rings. The normalized spacial score (nSPS) is 10.6. The number of amides is 1. The Hall–Kier alpha value is -2.24. The maximum absolute atomic E-state index is 12.3. The van der Waals surface area contributed by atoms with Crippen LogP contribution >= 0.6 is 11.6 Å². The second-order valence-electron chi connectivity index (χ2n) is 5.81. The summed E-state index contributed by atoms with van der Waals surface area (Å²) in [6, 6.07) is 11.1. The Labute approximate surface area is 153 Å². The van der Waals surface area contributed by atoms with Crippen LogP contribution in [-0.4, -0.2) is 38.6 Å². The number of nitrogens with zero attached hydrogens (tertiary/aromatic N) is 1. The molecule has 25 heavy (non-hydrogen) atoms. The first-order valence-electron chi connectivity index (χ1n) is 7.89. The molecule has 2 rings (SSSR count). The molecule has 0 saturated heterocycles. The maximum atomic E-state index is 12.3. The van der Waals surface area contributed by atoms with Crippen molar-refractivity contribution in [1.29, 1.82) is 0 Å². The first-order valence-corrected chi connectivity index (χ1v) is 8.26. The summed E-state index contributed by atoms with van der Waals surface area (Å²) in [4.78, 5) is 14.2. The van der Waals surface area contributed by atoms with Crippen LogP contribution in [0.15, 0.2) is 36.4 Å². The molecule has 0 saturated carbocycles. The highest BCUT2D eigenvalue weighted by Crippen LogP contribution is 2.26. The monoisotopic (exact) mass is 362 g/mol. The van der Waals surface area contributed by atoms with Gasteiger partial charge in [0.25, 0.3) is 0 Å². The van der Waals surface area contributed by atoms with E-state index in [9.17, 15) is 4.79 Å². The summed E-state index contributed by atoms with van der Waals surface area (Å²) in [6.45, 7) is 2.71. The first kappa shape index (κ1) is 19.1. The Morgan fingerprint density at radius 1 is 1.20 bits per heavy atom. The van der Waals surface area contributed by atoms with E-state index in [0.717, 1.165) is 28.3 Å². The third-order valence-electron chi connectivity index (χ3n) is 3.89. The van der Waals surface area contributed by atoms with Crippen LogP contribution in [0.25, 0.3) is 0 Å². The van der Waals surface area contributed by atoms with Crippen LogP contribution in [0, 0.1) is 6.92 Å². The van der Waals surface area contributed by atoms with E-state index >= 15 is 0 Å². The van der Waals surface area contributed by atoms with E-state index < -0.39 is 0 Å². The highest BCUT2D eigenvalue weighted by atomic mass is 35.5. The van der Waals surface area contributed by atoms with Gasteiger partial charge >= 0.3 is 0 Å². The molecular weight excluding hydrogens is 340 g/mol. The molecule has 0 bridgehead atoms. The second-order valence-corrected chi connectivity index (χ2v) is 6.22. The van der Waals surface area contributed by atoms with Crippen molar-refractivity contribution in [3.05, 3.63) is 52.5 Å². The Morgan fingerprint density at radius 3 is 2.64 bits per heavy atom. The minimum absolute atomic E-state index is 0.0969. The fourth-order valence-corrected chi connectivity index (χ4v) is 2.68. The Kier molecular flexibility index (Phi) is 6.67. The molecule has 0 aliphatic carbocycles. The number of hydrogen-bond donors (Lipinski definition) is 1. The largest absolute Gasteiger partial charge is 0.497 e. The van der Waals surface area contributed by atoms with Crippen molar-refractivity contribution in [1.82, 2.24) is 4.90 Å². The van der Waals surface area contributed by atoms with Crippen LogP contribution in [0.4, 0.5) is 5.69 Å². The number of rotatable bonds is 7. The number of carbonyl (C=O) groups is 1. The molecule has 0 heterocycles. The second kappa shape index (κ2) is 8.74. The van der Waals surface area contributed by atoms with Crippen molar-refractivity contribution in [3.8, 4) is 11.5 Å². The molecule has 6 heteroatoms. The smallest absolute Gasteiger partial charge is 0.238 e. The number of methoxy groups -OCH3 is 2. The number of nitrogens with one attached hydrogen (secondary N) is 1. The van der Waals surface area contributed by atoms with Gasteiger partial charge in [0.1, 0.15) is 11.5 Å². The first-order chi connectivity index (χ1) is 11.9. The van der Waals surface area contributed by atoms with Gasteiger partial charge in [-0.15, -0.1) is 0 Å². The van der Waals surface area contributed by atoms with Gasteiger partial charge in [-0.2, -0.15) is 0 Å². The Morgan fingerprint density at radius 2 is 1.96 bits per heavy atom. The SMILES string of the molecule is COc1ccc(CN(C)CC(=O)Nc2cccc(Cl)c2C)c(OC)c1. The molecule has 2 aromatic rings. The van der Waals surface area contributed by atoms with E-state index in [1.807, 2.05) is 49.2 Å². The third-order valence-corrected chi connectivity index (χ3v) is 4.30. The van der Waals surface area contributed by atoms with Gasteiger partial charge in [-0.25, -0.2) is 0 Å². The molecule has 0 aliphatic heterocycles. The van der Waals surface area contributed by atoms with Gasteiger partial charge in [0.2, 0.25) is 5.91 Å². The average molecular weight is 363 g/mol. The van der Waals surface area contributed by atoms with Crippen molar-refractivity contribution in [3.63, 3.8) is 0 Å². The summed E-state index contributed by atoms with van der Waals surface area (Å²) in [5, 5.41) is 3.53. The van der Waals surface area contributed by atoms with E-state index in [1.54, 1.807) is 20.3 Å². The lowest BCUT2D eigenvalue weighted by atomic mass is 10.1. The van der Waals surface area contributed by atoms with E-state index in [4.69, 9.17) is 21.1 Å². The highest BCUT2D eigenvalue weighted by molar-refractivity contribution is 6.31. The standard InChI is InChI=1S/C19H23ClN2O3/c1-13-16(20)6-5-7-17(13)21-19(23)12-22(2)11-14-8-9-15(24-3)10-18(14)25-4/h5-10H,11-12H2,1-4H3,(H,21,23). The zero-order valence-corrected chi connectivity index (χ0v) is 15.7. The lowest BCUT2D eigenvalue weighted by Gasteiger charge is -2.19. The minimum atomic E-state index is -0.0969. The lowest BCUT2D eigenvalue weighted by Crippen LogP contribution is -2.30. The molecule has 2 aromatic carbocycles. The quantitative estimate of drug-likeness (QED) is 0.815. The van der Waals surface area contributed by atoms with Gasteiger partial charge in [0.15, 0.2) is 0 Å². The molecule has 0 aromatic heterocycles. The summed E-state index contributed by atoms with van der Waals surface area (Å²) in [7, 11) is 5.11. The molecule has 1 amide bonds. The van der Waals surface area contributed by atoms with E-state index in [1.165, 1.54) is 0 Å². The Bertz CT molecular complexity index is 749. The van der Waals surface area contributed by atoms with E-state index in [2.05, 4.69) is 5.32 Å². The number of likely N-dealkylation sites (N-methyl/N-ethyl adjacent to an activating group) is 1. The van der Waals surface area contributed by atoms with Gasteiger partial charge in [-0.3, -0.25) is 9.69 Å². The number of ether oxygens (including phenoxy) is 2. The Balaban J connectivity index is 1.99. The van der Waals surface area contributed by atoms with E-state index in [0.29, 0.717) is 11.6 Å². The number of hydrogen-bond acceptors (Lipinski definition) is 4. The lowest BCUT2D eigenvalue weighted by molar-refractivity contribution is -0.117. The molecule has 0 atom stereocenters. The van der Waals surface area contributed by atoms with Gasteiger partial charge < -0.3 is 14.8 Å². The molecule has 0 spiro atoms. The van der Waals surface area contributed by atoms with Gasteiger partial charge in [0, 0.05) is 28.9 Å². The summed E-state index contributed by atoms with van der Waals surface area (Å²) in [6.07, 6.45) is 0. The minimum Gasteiger partial charge on any atom is -0.497 e. The van der Waals surface area contributed by atoms with Gasteiger partial charge in [-0.05, 0) is 37.7 Å². The van der Waals surface area contributed by atoms with Gasteiger partial charge in [0.05, 0.1) is 20.8 Å². The van der Waals surface area contributed by atoms with Crippen LogP contribution in [0.5, 0.6) is 11.5 Å².